The van der Waals surface area contributed by atoms with Crippen LogP contribution in [0.4, 0.5) is 0 Å². The summed E-state index contributed by atoms with van der Waals surface area (Å²) in [5.41, 5.74) is 0. The van der Waals surface area contributed by atoms with Crippen LogP contribution in [0.15, 0.2) is 0 Å². The highest BCUT2D eigenvalue weighted by Crippen LogP contribution is 1.99. The largest absolute Gasteiger partial charge is 0.903 e. The van der Waals surface area contributed by atoms with E-state index in [4.69, 9.17) is 0 Å². The van der Waals surface area contributed by atoms with Crippen molar-refractivity contribution in [1.29, 1.82) is 0 Å². The van der Waals surface area contributed by atoms with E-state index in [-0.39, 0.29) is 0 Å². The lowest BCUT2D eigenvalue weighted by Crippen LogP contribution is -1.87. The Kier molecular flexibility index (Phi) is 8.41. The van der Waals surface area contributed by atoms with Crippen molar-refractivity contribution in [3.8, 4) is 0 Å². The summed E-state index contributed by atoms with van der Waals surface area (Å²) in [5.74, 6) is 0. The topological polar surface area (TPSA) is 0 Å². The van der Waals surface area contributed by atoms with Gasteiger partial charge in [0, 0.05) is 12.8 Å². The first-order valence-electron chi connectivity index (χ1n) is 4.12. The van der Waals surface area contributed by atoms with E-state index >= 15 is 0 Å². The molecule has 0 nitrogen and oxygen atoms in total. The Hall–Kier alpha value is 0.217. The Morgan fingerprint density at radius 2 is 1.33 bits per heavy atom. The van der Waals surface area contributed by atoms with E-state index in [2.05, 4.69) is 13.8 Å². The van der Waals surface area contributed by atoms with Crippen LogP contribution < -0.4 is 0 Å². The Bertz CT molecular complexity index is 37.8. The SMILES string of the molecule is CCCC[Si+2]CCCC. The van der Waals surface area contributed by atoms with Gasteiger partial charge in [-0.05, 0) is 0 Å². The molecule has 0 saturated carbocycles. The fourth-order valence-electron chi connectivity index (χ4n) is 0.729. The minimum absolute atomic E-state index is 1.25. The summed E-state index contributed by atoms with van der Waals surface area (Å²) in [7, 11) is 1.25. The van der Waals surface area contributed by atoms with Gasteiger partial charge in [-0.3, -0.25) is 0 Å². The molecular weight excluding hydrogens is 124 g/mol. The molecule has 0 aromatic rings. The third-order valence-electron chi connectivity index (χ3n) is 1.41. The molecule has 0 bridgehead atoms. The van der Waals surface area contributed by atoms with E-state index in [1.807, 2.05) is 0 Å². The zero-order chi connectivity index (χ0) is 6.95. The van der Waals surface area contributed by atoms with Crippen LogP contribution in [0.3, 0.4) is 0 Å². The van der Waals surface area contributed by atoms with Crippen LogP contribution in [0.5, 0.6) is 0 Å². The highest BCUT2D eigenvalue weighted by atomic mass is 28.2. The molecule has 0 aromatic heterocycles. The van der Waals surface area contributed by atoms with Gasteiger partial charge in [0.25, 0.3) is 0 Å². The van der Waals surface area contributed by atoms with Gasteiger partial charge in [-0.1, -0.05) is 26.7 Å². The highest BCUT2D eigenvalue weighted by molar-refractivity contribution is 6.35. The molecule has 0 saturated heterocycles. The molecule has 0 heterocycles. The summed E-state index contributed by atoms with van der Waals surface area (Å²) >= 11 is 0. The Balaban J connectivity index is 2.60. The second kappa shape index (κ2) is 8.22. The zero-order valence-electron chi connectivity index (χ0n) is 6.74. The standard InChI is InChI=1S/C8H18Si/c1-3-5-7-9-8-6-4-2/h3-8H2,1-2H3/q+2. The normalized spacial score (nSPS) is 9.11. The van der Waals surface area contributed by atoms with Crippen molar-refractivity contribution in [2.45, 2.75) is 51.6 Å². The van der Waals surface area contributed by atoms with Gasteiger partial charge in [-0.25, -0.2) is 0 Å². The summed E-state index contributed by atoms with van der Waals surface area (Å²) in [6, 6.07) is 2.97. The first kappa shape index (κ1) is 9.22. The number of rotatable bonds is 6. The third kappa shape index (κ3) is 8.22. The van der Waals surface area contributed by atoms with Gasteiger partial charge in [-0.2, -0.15) is 0 Å². The van der Waals surface area contributed by atoms with Crippen LogP contribution >= 0.6 is 0 Å². The monoisotopic (exact) mass is 142 g/mol. The van der Waals surface area contributed by atoms with Crippen LogP contribution in [-0.4, -0.2) is 9.52 Å². The first-order valence-corrected chi connectivity index (χ1v) is 5.54. The molecule has 0 radical (unpaired) electrons. The third-order valence-corrected chi connectivity index (χ3v) is 2.83. The molecule has 0 N–H and O–H groups in total. The number of hydrogen-bond donors (Lipinski definition) is 0. The molecule has 9 heavy (non-hydrogen) atoms. The maximum atomic E-state index is 2.27. The Morgan fingerprint density at radius 1 is 0.889 bits per heavy atom. The predicted molar refractivity (Wildman–Crippen MR) is 45.2 cm³/mol. The number of hydrogen-bond acceptors (Lipinski definition) is 0. The summed E-state index contributed by atoms with van der Waals surface area (Å²) in [6.45, 7) is 4.54. The molecule has 0 fully saturated rings. The summed E-state index contributed by atoms with van der Waals surface area (Å²) in [6.07, 6.45) is 5.64. The summed E-state index contributed by atoms with van der Waals surface area (Å²) < 4.78 is 0. The van der Waals surface area contributed by atoms with E-state index in [0.29, 0.717) is 0 Å². The predicted octanol–water partition coefficient (Wildman–Crippen LogP) is 3.13. The second-order valence-corrected chi connectivity index (χ2v) is 3.96. The molecule has 0 amide bonds. The van der Waals surface area contributed by atoms with Crippen LogP contribution in [0, 0.1) is 0 Å². The van der Waals surface area contributed by atoms with Crippen LogP contribution in [-0.2, 0) is 0 Å². The molecule has 0 unspecified atom stereocenters. The fraction of sp³-hybridized carbons (Fsp3) is 1.00. The van der Waals surface area contributed by atoms with Crippen molar-refractivity contribution in [3.05, 3.63) is 0 Å². The van der Waals surface area contributed by atoms with Crippen molar-refractivity contribution in [1.82, 2.24) is 0 Å². The van der Waals surface area contributed by atoms with Gasteiger partial charge in [0.15, 0.2) is 0 Å². The Morgan fingerprint density at radius 3 is 1.67 bits per heavy atom. The van der Waals surface area contributed by atoms with Crippen molar-refractivity contribution < 1.29 is 0 Å². The van der Waals surface area contributed by atoms with Crippen LogP contribution in [0.25, 0.3) is 0 Å². The summed E-state index contributed by atoms with van der Waals surface area (Å²) in [5, 5.41) is 0. The van der Waals surface area contributed by atoms with Gasteiger partial charge >= 0.3 is 9.52 Å². The molecule has 0 spiro atoms. The fourth-order valence-corrected chi connectivity index (χ4v) is 2.19. The lowest BCUT2D eigenvalue weighted by Gasteiger charge is -1.73. The van der Waals surface area contributed by atoms with Gasteiger partial charge in [0.2, 0.25) is 12.1 Å². The van der Waals surface area contributed by atoms with E-state index in [0.717, 1.165) is 0 Å². The van der Waals surface area contributed by atoms with Crippen molar-refractivity contribution >= 4 is 9.52 Å². The minimum Gasteiger partial charge on any atom is -0.0652 e. The first-order chi connectivity index (χ1) is 4.41. The van der Waals surface area contributed by atoms with Crippen LogP contribution in [0.2, 0.25) is 12.1 Å². The molecular formula is C8H18Si+2. The van der Waals surface area contributed by atoms with E-state index < -0.39 is 0 Å². The summed E-state index contributed by atoms with van der Waals surface area (Å²) in [4.78, 5) is 0. The minimum atomic E-state index is 1.25. The highest BCUT2D eigenvalue weighted by Gasteiger charge is 2.28. The molecule has 1 heteroatoms. The van der Waals surface area contributed by atoms with E-state index in [9.17, 15) is 0 Å². The zero-order valence-corrected chi connectivity index (χ0v) is 7.74. The van der Waals surface area contributed by atoms with E-state index in [1.54, 1.807) is 0 Å². The average molecular weight is 142 g/mol. The number of unbranched alkanes of at least 4 members (excludes halogenated alkanes) is 2. The van der Waals surface area contributed by atoms with Crippen molar-refractivity contribution in [2.24, 2.45) is 0 Å². The lowest BCUT2D eigenvalue weighted by atomic mass is 10.4. The van der Waals surface area contributed by atoms with Gasteiger partial charge in [0.1, 0.15) is 0 Å². The van der Waals surface area contributed by atoms with Gasteiger partial charge in [-0.15, -0.1) is 0 Å². The van der Waals surface area contributed by atoms with Crippen molar-refractivity contribution in [3.63, 3.8) is 0 Å². The Labute approximate surface area is 61.9 Å². The molecule has 0 aliphatic heterocycles. The molecule has 0 atom stereocenters. The smallest absolute Gasteiger partial charge is 0.0652 e. The van der Waals surface area contributed by atoms with E-state index in [1.165, 1.54) is 47.3 Å². The quantitative estimate of drug-likeness (QED) is 0.395. The molecule has 0 aliphatic rings. The van der Waals surface area contributed by atoms with Gasteiger partial charge < -0.3 is 0 Å². The molecule has 0 aliphatic carbocycles. The molecule has 52 valence electrons. The van der Waals surface area contributed by atoms with Crippen LogP contribution in [0.1, 0.15) is 39.5 Å². The second-order valence-electron chi connectivity index (χ2n) is 2.46. The van der Waals surface area contributed by atoms with Gasteiger partial charge in [0.05, 0.1) is 0 Å². The molecule has 0 rings (SSSR count). The molecule has 0 aromatic carbocycles. The maximum absolute atomic E-state index is 2.27. The maximum Gasteiger partial charge on any atom is 0.903 e. The lowest BCUT2D eigenvalue weighted by molar-refractivity contribution is 0.851. The average Bonchev–Trinajstić information content (AvgIpc) is 1.89. The van der Waals surface area contributed by atoms with Crippen molar-refractivity contribution in [2.75, 3.05) is 0 Å².